The third kappa shape index (κ3) is 1.50. The van der Waals surface area contributed by atoms with Gasteiger partial charge >= 0.3 is 0 Å². The van der Waals surface area contributed by atoms with Crippen LogP contribution in [0.2, 0.25) is 0 Å². The van der Waals surface area contributed by atoms with Gasteiger partial charge in [0, 0.05) is 24.5 Å². The standard InChI is InChI=1S/C9H11N3S/c1-12-8(5-10)4-9(11-12)7-2-3-13-6-7/h2-4,6H,5,10H2,1H3. The fraction of sp³-hybridized carbons (Fsp3) is 0.222. The van der Waals surface area contributed by atoms with Gasteiger partial charge in [-0.3, -0.25) is 4.68 Å². The third-order valence-electron chi connectivity index (χ3n) is 2.00. The van der Waals surface area contributed by atoms with E-state index in [0.29, 0.717) is 6.54 Å². The molecule has 0 aliphatic rings. The number of rotatable bonds is 2. The predicted octanol–water partition coefficient (Wildman–Crippen LogP) is 1.61. The summed E-state index contributed by atoms with van der Waals surface area (Å²) in [4.78, 5) is 0. The first-order chi connectivity index (χ1) is 6.31. The molecule has 2 heterocycles. The lowest BCUT2D eigenvalue weighted by molar-refractivity contribution is 0.714. The highest BCUT2D eigenvalue weighted by atomic mass is 32.1. The maximum Gasteiger partial charge on any atom is 0.0934 e. The van der Waals surface area contributed by atoms with E-state index in [1.54, 1.807) is 11.3 Å². The van der Waals surface area contributed by atoms with Crippen LogP contribution >= 0.6 is 11.3 Å². The van der Waals surface area contributed by atoms with Gasteiger partial charge in [0.1, 0.15) is 0 Å². The summed E-state index contributed by atoms with van der Waals surface area (Å²) in [6, 6.07) is 4.09. The van der Waals surface area contributed by atoms with Gasteiger partial charge in [0.25, 0.3) is 0 Å². The minimum Gasteiger partial charge on any atom is -0.325 e. The Kier molecular flexibility index (Phi) is 2.16. The van der Waals surface area contributed by atoms with Crippen LogP contribution in [-0.2, 0) is 13.6 Å². The summed E-state index contributed by atoms with van der Waals surface area (Å²) in [6.07, 6.45) is 0. The Bertz CT molecular complexity index is 389. The second kappa shape index (κ2) is 3.32. The van der Waals surface area contributed by atoms with Crippen LogP contribution in [-0.4, -0.2) is 9.78 Å². The largest absolute Gasteiger partial charge is 0.325 e. The molecular weight excluding hydrogens is 182 g/mol. The van der Waals surface area contributed by atoms with Crippen molar-refractivity contribution in [3.63, 3.8) is 0 Å². The number of aryl methyl sites for hydroxylation is 1. The summed E-state index contributed by atoms with van der Waals surface area (Å²) in [6.45, 7) is 0.535. The molecule has 0 bridgehead atoms. The average Bonchev–Trinajstić information content (AvgIpc) is 2.71. The normalized spacial score (nSPS) is 10.6. The van der Waals surface area contributed by atoms with Crippen molar-refractivity contribution >= 4 is 11.3 Å². The van der Waals surface area contributed by atoms with Gasteiger partial charge in [-0.15, -0.1) is 0 Å². The average molecular weight is 193 g/mol. The number of hydrogen-bond acceptors (Lipinski definition) is 3. The smallest absolute Gasteiger partial charge is 0.0934 e. The highest BCUT2D eigenvalue weighted by molar-refractivity contribution is 7.08. The molecule has 3 nitrogen and oxygen atoms in total. The van der Waals surface area contributed by atoms with Crippen molar-refractivity contribution in [3.8, 4) is 11.3 Å². The summed E-state index contributed by atoms with van der Waals surface area (Å²) >= 11 is 1.68. The van der Waals surface area contributed by atoms with Gasteiger partial charge < -0.3 is 5.73 Å². The molecule has 0 aliphatic heterocycles. The Morgan fingerprint density at radius 2 is 2.46 bits per heavy atom. The molecule has 2 aromatic rings. The predicted molar refractivity (Wildman–Crippen MR) is 54.4 cm³/mol. The van der Waals surface area contributed by atoms with E-state index in [0.717, 1.165) is 11.4 Å². The van der Waals surface area contributed by atoms with Gasteiger partial charge in [-0.2, -0.15) is 16.4 Å². The Morgan fingerprint density at radius 1 is 1.62 bits per heavy atom. The Morgan fingerprint density at radius 3 is 3.00 bits per heavy atom. The Balaban J connectivity index is 2.43. The van der Waals surface area contributed by atoms with E-state index in [1.807, 2.05) is 23.2 Å². The maximum absolute atomic E-state index is 5.56. The zero-order valence-corrected chi connectivity index (χ0v) is 8.21. The molecule has 0 fully saturated rings. The summed E-state index contributed by atoms with van der Waals surface area (Å²) in [7, 11) is 1.91. The van der Waals surface area contributed by atoms with Crippen LogP contribution in [0.1, 0.15) is 5.69 Å². The number of hydrogen-bond donors (Lipinski definition) is 1. The van der Waals surface area contributed by atoms with E-state index < -0.39 is 0 Å². The molecule has 0 amide bonds. The van der Waals surface area contributed by atoms with Crippen LogP contribution in [0.15, 0.2) is 22.9 Å². The zero-order chi connectivity index (χ0) is 9.26. The first-order valence-electron chi connectivity index (χ1n) is 4.07. The van der Waals surface area contributed by atoms with Crippen LogP contribution in [0, 0.1) is 0 Å². The quantitative estimate of drug-likeness (QED) is 0.787. The molecule has 13 heavy (non-hydrogen) atoms. The fourth-order valence-corrected chi connectivity index (χ4v) is 1.90. The molecule has 0 saturated carbocycles. The van der Waals surface area contributed by atoms with Gasteiger partial charge in [-0.1, -0.05) is 0 Å². The third-order valence-corrected chi connectivity index (χ3v) is 2.69. The molecule has 68 valence electrons. The van der Waals surface area contributed by atoms with E-state index in [4.69, 9.17) is 5.73 Å². The minimum absolute atomic E-state index is 0.535. The second-order valence-corrected chi connectivity index (χ2v) is 3.64. The van der Waals surface area contributed by atoms with E-state index in [2.05, 4.69) is 16.5 Å². The van der Waals surface area contributed by atoms with Gasteiger partial charge in [-0.25, -0.2) is 0 Å². The van der Waals surface area contributed by atoms with Gasteiger partial charge in [0.15, 0.2) is 0 Å². The van der Waals surface area contributed by atoms with Crippen molar-refractivity contribution in [1.82, 2.24) is 9.78 Å². The van der Waals surface area contributed by atoms with Crippen molar-refractivity contribution in [2.45, 2.75) is 6.54 Å². The molecule has 0 saturated heterocycles. The van der Waals surface area contributed by atoms with Crippen LogP contribution in [0.4, 0.5) is 0 Å². The Labute approximate surface area is 80.8 Å². The van der Waals surface area contributed by atoms with Crippen LogP contribution in [0.5, 0.6) is 0 Å². The molecule has 0 spiro atoms. The summed E-state index contributed by atoms with van der Waals surface area (Å²) in [5.41, 5.74) is 8.79. The monoisotopic (exact) mass is 193 g/mol. The first kappa shape index (κ1) is 8.47. The van der Waals surface area contributed by atoms with Crippen molar-refractivity contribution < 1.29 is 0 Å². The molecule has 2 aromatic heterocycles. The SMILES string of the molecule is Cn1nc(-c2ccsc2)cc1CN. The van der Waals surface area contributed by atoms with Gasteiger partial charge in [0.05, 0.1) is 11.4 Å². The van der Waals surface area contributed by atoms with E-state index in [1.165, 1.54) is 5.56 Å². The first-order valence-corrected chi connectivity index (χ1v) is 5.01. The summed E-state index contributed by atoms with van der Waals surface area (Å²) in [5.74, 6) is 0. The topological polar surface area (TPSA) is 43.8 Å². The summed E-state index contributed by atoms with van der Waals surface area (Å²) < 4.78 is 1.83. The fourth-order valence-electron chi connectivity index (χ4n) is 1.25. The van der Waals surface area contributed by atoms with E-state index in [9.17, 15) is 0 Å². The van der Waals surface area contributed by atoms with Crippen molar-refractivity contribution in [1.29, 1.82) is 0 Å². The lowest BCUT2D eigenvalue weighted by Gasteiger charge is -1.93. The van der Waals surface area contributed by atoms with Crippen molar-refractivity contribution in [3.05, 3.63) is 28.6 Å². The van der Waals surface area contributed by atoms with Crippen LogP contribution in [0.25, 0.3) is 11.3 Å². The lowest BCUT2D eigenvalue weighted by atomic mass is 10.2. The molecule has 2 N–H and O–H groups in total. The highest BCUT2D eigenvalue weighted by Gasteiger charge is 2.05. The van der Waals surface area contributed by atoms with Crippen LogP contribution < -0.4 is 5.73 Å². The molecule has 4 heteroatoms. The van der Waals surface area contributed by atoms with Crippen molar-refractivity contribution in [2.24, 2.45) is 12.8 Å². The minimum atomic E-state index is 0.535. The Hall–Kier alpha value is -1.13. The molecule has 0 radical (unpaired) electrons. The van der Waals surface area contributed by atoms with Crippen molar-refractivity contribution in [2.75, 3.05) is 0 Å². The maximum atomic E-state index is 5.56. The molecule has 0 atom stereocenters. The second-order valence-electron chi connectivity index (χ2n) is 2.86. The lowest BCUT2D eigenvalue weighted by Crippen LogP contribution is -2.03. The molecular formula is C9H11N3S. The van der Waals surface area contributed by atoms with E-state index in [-0.39, 0.29) is 0 Å². The molecule has 2 rings (SSSR count). The molecule has 0 aromatic carbocycles. The zero-order valence-electron chi connectivity index (χ0n) is 7.40. The summed E-state index contributed by atoms with van der Waals surface area (Å²) in [5, 5.41) is 8.50. The van der Waals surface area contributed by atoms with Crippen LogP contribution in [0.3, 0.4) is 0 Å². The number of thiophene rings is 1. The molecule has 0 unspecified atom stereocenters. The number of nitrogens with zero attached hydrogens (tertiary/aromatic N) is 2. The highest BCUT2D eigenvalue weighted by Crippen LogP contribution is 2.20. The van der Waals surface area contributed by atoms with Gasteiger partial charge in [0.2, 0.25) is 0 Å². The number of nitrogens with two attached hydrogens (primary N) is 1. The number of aromatic nitrogens is 2. The van der Waals surface area contributed by atoms with E-state index >= 15 is 0 Å². The molecule has 0 aliphatic carbocycles. The van der Waals surface area contributed by atoms with Gasteiger partial charge in [-0.05, 0) is 17.5 Å².